The molecule has 1 rings (SSSR count). The molecule has 2 N–H and O–H groups in total. The van der Waals surface area contributed by atoms with Crippen molar-refractivity contribution in [2.24, 2.45) is 0 Å². The molecule has 0 aromatic carbocycles. The second-order valence-corrected chi connectivity index (χ2v) is 6.30. The van der Waals surface area contributed by atoms with Gasteiger partial charge in [-0.1, -0.05) is 20.8 Å². The fraction of sp³-hybridized carbons (Fsp3) is 0.714. The lowest BCUT2D eigenvalue weighted by Crippen LogP contribution is -2.25. The molecule has 1 heterocycles. The molecule has 0 aliphatic rings. The minimum atomic E-state index is -0.0176. The van der Waals surface area contributed by atoms with E-state index in [1.165, 1.54) is 0 Å². The molecular formula is C14H27N5. The van der Waals surface area contributed by atoms with Crippen LogP contribution in [0.4, 0.5) is 11.8 Å². The fourth-order valence-electron chi connectivity index (χ4n) is 1.77. The Bertz CT molecular complexity index is 409. The highest BCUT2D eigenvalue weighted by Gasteiger charge is 2.18. The second kappa shape index (κ2) is 6.19. The van der Waals surface area contributed by atoms with Gasteiger partial charge in [0, 0.05) is 25.1 Å². The fourth-order valence-corrected chi connectivity index (χ4v) is 1.77. The molecule has 19 heavy (non-hydrogen) atoms. The molecule has 0 radical (unpaired) electrons. The van der Waals surface area contributed by atoms with Gasteiger partial charge < -0.3 is 15.5 Å². The molecule has 0 aliphatic heterocycles. The van der Waals surface area contributed by atoms with Crippen LogP contribution in [0.15, 0.2) is 6.07 Å². The predicted molar refractivity (Wildman–Crippen MR) is 81.6 cm³/mol. The molecule has 0 amide bonds. The molecule has 1 aromatic heterocycles. The highest BCUT2D eigenvalue weighted by Crippen LogP contribution is 2.24. The molecule has 0 spiro atoms. The molecule has 0 bridgehead atoms. The third kappa shape index (κ3) is 5.03. The highest BCUT2D eigenvalue weighted by molar-refractivity contribution is 5.44. The zero-order valence-corrected chi connectivity index (χ0v) is 13.1. The van der Waals surface area contributed by atoms with Crippen LogP contribution >= 0.6 is 0 Å². The molecule has 0 unspecified atom stereocenters. The quantitative estimate of drug-likeness (QED) is 0.879. The van der Waals surface area contributed by atoms with Crippen molar-refractivity contribution >= 4 is 11.8 Å². The lowest BCUT2D eigenvalue weighted by Gasteiger charge is -2.23. The molecular weight excluding hydrogens is 238 g/mol. The van der Waals surface area contributed by atoms with Crippen molar-refractivity contribution in [3.63, 3.8) is 0 Å². The molecule has 5 heteroatoms. The maximum absolute atomic E-state index is 5.81. The topological polar surface area (TPSA) is 58.3 Å². The van der Waals surface area contributed by atoms with Gasteiger partial charge >= 0.3 is 0 Å². The van der Waals surface area contributed by atoms with Gasteiger partial charge in [-0.25, -0.2) is 4.98 Å². The highest BCUT2D eigenvalue weighted by atomic mass is 15.2. The summed E-state index contributed by atoms with van der Waals surface area (Å²) in [5.41, 5.74) is 6.78. The van der Waals surface area contributed by atoms with Gasteiger partial charge in [-0.3, -0.25) is 0 Å². The van der Waals surface area contributed by atoms with E-state index in [9.17, 15) is 0 Å². The van der Waals surface area contributed by atoms with Crippen LogP contribution in [-0.4, -0.2) is 49.1 Å². The number of hydrogen-bond donors (Lipinski definition) is 1. The first-order valence-corrected chi connectivity index (χ1v) is 6.71. The van der Waals surface area contributed by atoms with Gasteiger partial charge in [0.2, 0.25) is 5.95 Å². The standard InChI is InChI=1S/C14H27N5/c1-14(2,3)11-10-12(17-13(15)16-11)19(6)9-7-8-18(4)5/h10H,7-9H2,1-6H3,(H2,15,16,17). The van der Waals surface area contributed by atoms with Crippen molar-refractivity contribution in [2.45, 2.75) is 32.6 Å². The molecule has 108 valence electrons. The average molecular weight is 265 g/mol. The van der Waals surface area contributed by atoms with E-state index in [1.807, 2.05) is 13.1 Å². The predicted octanol–water partition coefficient (Wildman–Crippen LogP) is 1.74. The normalized spacial score (nSPS) is 11.9. The van der Waals surface area contributed by atoms with E-state index in [4.69, 9.17) is 5.73 Å². The molecule has 5 nitrogen and oxygen atoms in total. The van der Waals surface area contributed by atoms with Crippen molar-refractivity contribution < 1.29 is 0 Å². The summed E-state index contributed by atoms with van der Waals surface area (Å²) in [4.78, 5) is 13.0. The van der Waals surface area contributed by atoms with Crippen molar-refractivity contribution in [3.8, 4) is 0 Å². The van der Waals surface area contributed by atoms with E-state index < -0.39 is 0 Å². The van der Waals surface area contributed by atoms with Gasteiger partial charge in [-0.05, 0) is 27.1 Å². The molecule has 0 fully saturated rings. The van der Waals surface area contributed by atoms with Crippen molar-refractivity contribution in [3.05, 3.63) is 11.8 Å². The van der Waals surface area contributed by atoms with E-state index in [2.05, 4.69) is 54.6 Å². The maximum Gasteiger partial charge on any atom is 0.222 e. The summed E-state index contributed by atoms with van der Waals surface area (Å²) in [6, 6.07) is 2.03. The number of aromatic nitrogens is 2. The Kier molecular flexibility index (Phi) is 5.11. The second-order valence-electron chi connectivity index (χ2n) is 6.30. The molecule has 1 aromatic rings. The number of anilines is 2. The molecule has 0 saturated carbocycles. The summed E-state index contributed by atoms with van der Waals surface area (Å²) >= 11 is 0. The van der Waals surface area contributed by atoms with Gasteiger partial charge in [0.1, 0.15) is 5.82 Å². The van der Waals surface area contributed by atoms with Crippen LogP contribution < -0.4 is 10.6 Å². The Morgan fingerprint density at radius 3 is 2.26 bits per heavy atom. The van der Waals surface area contributed by atoms with Crippen LogP contribution in [0.25, 0.3) is 0 Å². The number of nitrogens with zero attached hydrogens (tertiary/aromatic N) is 4. The third-order valence-electron chi connectivity index (χ3n) is 2.99. The van der Waals surface area contributed by atoms with E-state index in [0.717, 1.165) is 31.0 Å². The van der Waals surface area contributed by atoms with E-state index in [1.54, 1.807) is 0 Å². The van der Waals surface area contributed by atoms with Crippen LogP contribution in [0, 0.1) is 0 Å². The Balaban J connectivity index is 2.79. The number of nitrogens with two attached hydrogens (primary N) is 1. The SMILES string of the molecule is CN(C)CCCN(C)c1cc(C(C)(C)C)nc(N)n1. The van der Waals surface area contributed by atoms with E-state index in [-0.39, 0.29) is 5.41 Å². The number of nitrogen functional groups attached to an aromatic ring is 1. The van der Waals surface area contributed by atoms with Gasteiger partial charge in [0.05, 0.1) is 5.69 Å². The summed E-state index contributed by atoms with van der Waals surface area (Å²) in [5, 5.41) is 0. The average Bonchev–Trinajstić information content (AvgIpc) is 2.26. The molecule has 0 atom stereocenters. The van der Waals surface area contributed by atoms with Crippen LogP contribution in [0.5, 0.6) is 0 Å². The van der Waals surface area contributed by atoms with E-state index in [0.29, 0.717) is 5.95 Å². The van der Waals surface area contributed by atoms with Gasteiger partial charge in [-0.15, -0.1) is 0 Å². The Labute approximate surface area is 116 Å². The summed E-state index contributed by atoms with van der Waals surface area (Å²) in [6.45, 7) is 8.41. The number of rotatable bonds is 5. The van der Waals surface area contributed by atoms with Gasteiger partial charge in [0.15, 0.2) is 0 Å². The Morgan fingerprint density at radius 2 is 1.74 bits per heavy atom. The zero-order valence-electron chi connectivity index (χ0n) is 13.1. The first kappa shape index (κ1) is 15.7. The number of hydrogen-bond acceptors (Lipinski definition) is 5. The molecule has 0 aliphatic carbocycles. The monoisotopic (exact) mass is 265 g/mol. The summed E-state index contributed by atoms with van der Waals surface area (Å²) in [6.07, 6.45) is 1.10. The van der Waals surface area contributed by atoms with E-state index >= 15 is 0 Å². The van der Waals surface area contributed by atoms with Crippen LogP contribution in [0.3, 0.4) is 0 Å². The zero-order chi connectivity index (χ0) is 14.6. The van der Waals surface area contributed by atoms with Crippen molar-refractivity contribution in [1.82, 2.24) is 14.9 Å². The minimum absolute atomic E-state index is 0.0176. The van der Waals surface area contributed by atoms with Crippen LogP contribution in [0.1, 0.15) is 32.9 Å². The van der Waals surface area contributed by atoms with Gasteiger partial charge in [0.25, 0.3) is 0 Å². The smallest absolute Gasteiger partial charge is 0.222 e. The Morgan fingerprint density at radius 1 is 1.11 bits per heavy atom. The Hall–Kier alpha value is -1.36. The summed E-state index contributed by atoms with van der Waals surface area (Å²) in [5.74, 6) is 1.25. The van der Waals surface area contributed by atoms with Crippen LogP contribution in [-0.2, 0) is 5.41 Å². The van der Waals surface area contributed by atoms with Crippen molar-refractivity contribution in [1.29, 1.82) is 0 Å². The van der Waals surface area contributed by atoms with Gasteiger partial charge in [-0.2, -0.15) is 4.98 Å². The lowest BCUT2D eigenvalue weighted by molar-refractivity contribution is 0.401. The largest absolute Gasteiger partial charge is 0.368 e. The minimum Gasteiger partial charge on any atom is -0.368 e. The molecule has 0 saturated heterocycles. The summed E-state index contributed by atoms with van der Waals surface area (Å²) < 4.78 is 0. The first-order valence-electron chi connectivity index (χ1n) is 6.71. The first-order chi connectivity index (χ1) is 8.70. The van der Waals surface area contributed by atoms with Crippen LogP contribution in [0.2, 0.25) is 0 Å². The third-order valence-corrected chi connectivity index (χ3v) is 2.99. The summed E-state index contributed by atoms with van der Waals surface area (Å²) in [7, 11) is 6.21. The maximum atomic E-state index is 5.81. The lowest BCUT2D eigenvalue weighted by atomic mass is 9.92. The van der Waals surface area contributed by atoms with Crippen molar-refractivity contribution in [2.75, 3.05) is 44.9 Å².